The highest BCUT2D eigenvalue weighted by Crippen LogP contribution is 2.31. The average molecular weight is 338 g/mol. The number of halogens is 1. The first-order chi connectivity index (χ1) is 10.8. The molecule has 2 amide bonds. The molecular weight excluding hydrogens is 314 g/mol. The van der Waals surface area contributed by atoms with Gasteiger partial charge in [-0.05, 0) is 36.6 Å². The second-order valence-electron chi connectivity index (χ2n) is 6.83. The summed E-state index contributed by atoms with van der Waals surface area (Å²) in [7, 11) is 0. The van der Waals surface area contributed by atoms with Gasteiger partial charge in [0.15, 0.2) is 0 Å². The van der Waals surface area contributed by atoms with Crippen molar-refractivity contribution in [3.63, 3.8) is 0 Å². The lowest BCUT2D eigenvalue weighted by Gasteiger charge is -2.23. The predicted molar refractivity (Wildman–Crippen MR) is 92.6 cm³/mol. The number of hydrogen-bond donors (Lipinski definition) is 2. The monoisotopic (exact) mass is 337 g/mol. The van der Waals surface area contributed by atoms with Crippen LogP contribution < -0.4 is 11.1 Å². The molecule has 1 aliphatic rings. The van der Waals surface area contributed by atoms with Crippen LogP contribution in [0.15, 0.2) is 18.2 Å². The number of carbonyl (C=O) groups excluding carboxylic acids is 2. The van der Waals surface area contributed by atoms with Gasteiger partial charge in [0.25, 0.3) is 5.91 Å². The molecule has 1 atom stereocenters. The molecule has 1 unspecified atom stereocenters. The fourth-order valence-corrected chi connectivity index (χ4v) is 2.79. The van der Waals surface area contributed by atoms with Gasteiger partial charge >= 0.3 is 0 Å². The number of rotatable bonds is 4. The van der Waals surface area contributed by atoms with Gasteiger partial charge in [0.2, 0.25) is 5.91 Å². The molecule has 1 aromatic rings. The van der Waals surface area contributed by atoms with Crippen LogP contribution in [-0.4, -0.2) is 36.3 Å². The largest absolute Gasteiger partial charge is 0.338 e. The summed E-state index contributed by atoms with van der Waals surface area (Å²) < 4.78 is 0. The number of anilines is 1. The van der Waals surface area contributed by atoms with Gasteiger partial charge in [-0.15, -0.1) is 0 Å². The third-order valence-corrected chi connectivity index (χ3v) is 4.66. The molecule has 0 aliphatic carbocycles. The third kappa shape index (κ3) is 4.03. The highest BCUT2D eigenvalue weighted by Gasteiger charge is 2.35. The topological polar surface area (TPSA) is 75.4 Å². The van der Waals surface area contributed by atoms with Crippen molar-refractivity contribution >= 4 is 29.1 Å². The highest BCUT2D eigenvalue weighted by molar-refractivity contribution is 6.34. The minimum absolute atomic E-state index is 0.0361. The van der Waals surface area contributed by atoms with E-state index < -0.39 is 0 Å². The Kier molecular flexibility index (Phi) is 5.32. The van der Waals surface area contributed by atoms with Crippen LogP contribution in [0.4, 0.5) is 5.69 Å². The van der Waals surface area contributed by atoms with Crippen molar-refractivity contribution < 1.29 is 9.59 Å². The minimum atomic E-state index is -0.131. The molecule has 3 N–H and O–H groups in total. The summed E-state index contributed by atoms with van der Waals surface area (Å²) in [6, 6.07) is 4.99. The van der Waals surface area contributed by atoms with E-state index in [-0.39, 0.29) is 23.1 Å². The summed E-state index contributed by atoms with van der Waals surface area (Å²) >= 11 is 6.19. The second-order valence-corrected chi connectivity index (χ2v) is 7.24. The van der Waals surface area contributed by atoms with E-state index in [1.165, 1.54) is 0 Å². The fourth-order valence-electron chi connectivity index (χ4n) is 2.59. The Bertz CT molecular complexity index is 618. The van der Waals surface area contributed by atoms with E-state index in [9.17, 15) is 9.59 Å². The summed E-state index contributed by atoms with van der Waals surface area (Å²) in [5.41, 5.74) is 6.75. The summed E-state index contributed by atoms with van der Waals surface area (Å²) in [5.74, 6) is -0.343. The van der Waals surface area contributed by atoms with Gasteiger partial charge in [0, 0.05) is 24.7 Å². The number of amides is 2. The molecule has 1 fully saturated rings. The van der Waals surface area contributed by atoms with Gasteiger partial charge in [-0.3, -0.25) is 9.59 Å². The quantitative estimate of drug-likeness (QED) is 0.887. The Balaban J connectivity index is 2.19. The van der Waals surface area contributed by atoms with Gasteiger partial charge in [-0.1, -0.05) is 32.4 Å². The van der Waals surface area contributed by atoms with Crippen LogP contribution in [0.25, 0.3) is 0 Å². The lowest BCUT2D eigenvalue weighted by atomic mass is 9.90. The molecule has 1 heterocycles. The minimum Gasteiger partial charge on any atom is -0.338 e. The summed E-state index contributed by atoms with van der Waals surface area (Å²) in [4.78, 5) is 26.3. The van der Waals surface area contributed by atoms with E-state index in [0.29, 0.717) is 35.9 Å². The number of nitrogens with zero attached hydrogens (tertiary/aromatic N) is 1. The lowest BCUT2D eigenvalue weighted by Crippen LogP contribution is -2.34. The maximum Gasteiger partial charge on any atom is 0.255 e. The van der Waals surface area contributed by atoms with Crippen LogP contribution >= 0.6 is 11.6 Å². The molecule has 0 bridgehead atoms. The molecule has 0 aromatic heterocycles. The Morgan fingerprint density at radius 1 is 1.43 bits per heavy atom. The Labute approximate surface area is 142 Å². The van der Waals surface area contributed by atoms with Gasteiger partial charge in [-0.2, -0.15) is 0 Å². The molecule has 2 rings (SSSR count). The van der Waals surface area contributed by atoms with Crippen molar-refractivity contribution in [1.29, 1.82) is 0 Å². The van der Waals surface area contributed by atoms with Crippen molar-refractivity contribution in [2.24, 2.45) is 17.1 Å². The zero-order valence-corrected chi connectivity index (χ0v) is 14.6. The number of likely N-dealkylation sites (tertiary alicyclic amines) is 1. The first-order valence-electron chi connectivity index (χ1n) is 7.85. The molecular formula is C17H24ClN3O2. The van der Waals surface area contributed by atoms with Crippen molar-refractivity contribution in [2.45, 2.75) is 27.2 Å². The highest BCUT2D eigenvalue weighted by atomic mass is 35.5. The fraction of sp³-hybridized carbons (Fsp3) is 0.529. The van der Waals surface area contributed by atoms with Crippen LogP contribution in [0.2, 0.25) is 5.02 Å². The zero-order valence-electron chi connectivity index (χ0n) is 13.9. The van der Waals surface area contributed by atoms with Crippen LogP contribution in [0, 0.1) is 11.3 Å². The molecule has 6 heteroatoms. The van der Waals surface area contributed by atoms with Gasteiger partial charge in [0.1, 0.15) is 0 Å². The molecule has 126 valence electrons. The Morgan fingerprint density at radius 2 is 2.13 bits per heavy atom. The number of nitrogens with two attached hydrogens (primary N) is 1. The summed E-state index contributed by atoms with van der Waals surface area (Å²) in [5, 5.41) is 3.18. The first kappa shape index (κ1) is 17.8. The van der Waals surface area contributed by atoms with E-state index in [0.717, 1.165) is 6.42 Å². The van der Waals surface area contributed by atoms with Crippen LogP contribution in [-0.2, 0) is 4.79 Å². The SMILES string of the molecule is CC(C)C(=O)Nc1ccc(Cl)c(C(=O)N2CCC(C)(CN)C2)c1. The average Bonchev–Trinajstić information content (AvgIpc) is 2.91. The molecule has 1 aliphatic heterocycles. The van der Waals surface area contributed by atoms with E-state index in [2.05, 4.69) is 12.2 Å². The Morgan fingerprint density at radius 3 is 2.70 bits per heavy atom. The molecule has 1 aromatic carbocycles. The molecule has 0 saturated carbocycles. The Hall–Kier alpha value is -1.59. The van der Waals surface area contributed by atoms with E-state index in [1.807, 2.05) is 13.8 Å². The number of nitrogens with one attached hydrogen (secondary N) is 1. The predicted octanol–water partition coefficient (Wildman–Crippen LogP) is 2.75. The van der Waals surface area contributed by atoms with Crippen LogP contribution in [0.1, 0.15) is 37.6 Å². The maximum atomic E-state index is 12.7. The van der Waals surface area contributed by atoms with Gasteiger partial charge < -0.3 is 16.0 Å². The summed E-state index contributed by atoms with van der Waals surface area (Å²) in [6.45, 7) is 7.56. The van der Waals surface area contributed by atoms with Crippen molar-refractivity contribution in [3.8, 4) is 0 Å². The second kappa shape index (κ2) is 6.89. The summed E-state index contributed by atoms with van der Waals surface area (Å²) in [6.07, 6.45) is 0.886. The third-order valence-electron chi connectivity index (χ3n) is 4.33. The van der Waals surface area contributed by atoms with Crippen molar-refractivity contribution in [2.75, 3.05) is 25.0 Å². The van der Waals surface area contributed by atoms with E-state index >= 15 is 0 Å². The van der Waals surface area contributed by atoms with Crippen molar-refractivity contribution in [3.05, 3.63) is 28.8 Å². The standard InChI is InChI=1S/C17H24ClN3O2/c1-11(2)15(22)20-12-4-5-14(18)13(8-12)16(23)21-7-6-17(3,9-19)10-21/h4-5,8,11H,6-7,9-10,19H2,1-3H3,(H,20,22). The normalized spacial score (nSPS) is 20.9. The van der Waals surface area contributed by atoms with Gasteiger partial charge in [-0.25, -0.2) is 0 Å². The van der Waals surface area contributed by atoms with Crippen LogP contribution in [0.5, 0.6) is 0 Å². The molecule has 5 nitrogen and oxygen atoms in total. The molecule has 0 spiro atoms. The molecule has 0 radical (unpaired) electrons. The molecule has 1 saturated heterocycles. The number of carbonyl (C=O) groups is 2. The van der Waals surface area contributed by atoms with Gasteiger partial charge in [0.05, 0.1) is 10.6 Å². The van der Waals surface area contributed by atoms with Crippen molar-refractivity contribution in [1.82, 2.24) is 4.90 Å². The van der Waals surface area contributed by atoms with Crippen LogP contribution in [0.3, 0.4) is 0 Å². The smallest absolute Gasteiger partial charge is 0.255 e. The number of hydrogen-bond acceptors (Lipinski definition) is 3. The first-order valence-corrected chi connectivity index (χ1v) is 8.23. The van der Waals surface area contributed by atoms with E-state index in [4.69, 9.17) is 17.3 Å². The maximum absolute atomic E-state index is 12.7. The van der Waals surface area contributed by atoms with E-state index in [1.54, 1.807) is 23.1 Å². The zero-order chi connectivity index (χ0) is 17.2. The molecule has 23 heavy (non-hydrogen) atoms. The lowest BCUT2D eigenvalue weighted by molar-refractivity contribution is -0.118. The number of benzene rings is 1.